The summed E-state index contributed by atoms with van der Waals surface area (Å²) in [7, 11) is 0. The van der Waals surface area contributed by atoms with Crippen LogP contribution in [0.4, 0.5) is 0 Å². The van der Waals surface area contributed by atoms with Crippen molar-refractivity contribution in [1.82, 2.24) is 10.3 Å². The number of hydrogen-bond donors (Lipinski definition) is 4. The summed E-state index contributed by atoms with van der Waals surface area (Å²) >= 11 is 0. The fourth-order valence-electron chi connectivity index (χ4n) is 1.15. The van der Waals surface area contributed by atoms with Crippen LogP contribution >= 0.6 is 0 Å². The predicted molar refractivity (Wildman–Crippen MR) is 62.2 cm³/mol. The molecule has 0 saturated heterocycles. The summed E-state index contributed by atoms with van der Waals surface area (Å²) in [6, 6.07) is 3.00. The van der Waals surface area contributed by atoms with E-state index in [9.17, 15) is 4.79 Å². The van der Waals surface area contributed by atoms with Crippen molar-refractivity contribution < 1.29 is 10.0 Å². The SMILES string of the molecule is CC(NCc1ccnc(C(N)=NO)c1)C(N)=O. The third-order valence-corrected chi connectivity index (χ3v) is 2.23. The molecule has 1 aromatic heterocycles. The number of amidine groups is 1. The van der Waals surface area contributed by atoms with Gasteiger partial charge >= 0.3 is 0 Å². The standard InChI is InChI=1S/C10H15N5O2/c1-6(10(12)16)14-5-7-2-3-13-8(4-7)9(11)15-17/h2-4,6,14,17H,5H2,1H3,(H2,11,15)(H2,12,16). The van der Waals surface area contributed by atoms with Gasteiger partial charge in [-0.05, 0) is 24.6 Å². The summed E-state index contributed by atoms with van der Waals surface area (Å²) in [5.41, 5.74) is 11.8. The quantitative estimate of drug-likeness (QED) is 0.229. The molecule has 1 heterocycles. The minimum Gasteiger partial charge on any atom is -0.409 e. The summed E-state index contributed by atoms with van der Waals surface area (Å²) in [5.74, 6) is -0.481. The lowest BCUT2D eigenvalue weighted by Gasteiger charge is -2.10. The van der Waals surface area contributed by atoms with Crippen LogP contribution in [0.25, 0.3) is 0 Å². The van der Waals surface area contributed by atoms with Crippen LogP contribution in [0.1, 0.15) is 18.2 Å². The van der Waals surface area contributed by atoms with Crippen LogP contribution in [-0.2, 0) is 11.3 Å². The van der Waals surface area contributed by atoms with Crippen molar-refractivity contribution in [3.8, 4) is 0 Å². The minimum atomic E-state index is -0.421. The third-order valence-electron chi connectivity index (χ3n) is 2.23. The third kappa shape index (κ3) is 3.72. The number of carbonyl (C=O) groups is 1. The second-order valence-electron chi connectivity index (χ2n) is 3.54. The van der Waals surface area contributed by atoms with Crippen molar-refractivity contribution in [3.05, 3.63) is 29.6 Å². The number of primary amides is 1. The van der Waals surface area contributed by atoms with Gasteiger partial charge in [0, 0.05) is 12.7 Å². The first-order valence-corrected chi connectivity index (χ1v) is 5.00. The molecule has 0 saturated carbocycles. The van der Waals surface area contributed by atoms with Crippen LogP contribution in [0.5, 0.6) is 0 Å². The van der Waals surface area contributed by atoms with Gasteiger partial charge in [0.25, 0.3) is 0 Å². The first kappa shape index (κ1) is 12.9. The van der Waals surface area contributed by atoms with E-state index in [2.05, 4.69) is 15.5 Å². The molecule has 0 aliphatic heterocycles. The average molecular weight is 237 g/mol. The smallest absolute Gasteiger partial charge is 0.234 e. The Labute approximate surface area is 98.5 Å². The van der Waals surface area contributed by atoms with Crippen LogP contribution in [0.2, 0.25) is 0 Å². The van der Waals surface area contributed by atoms with Gasteiger partial charge in [-0.3, -0.25) is 9.78 Å². The maximum atomic E-state index is 10.8. The van der Waals surface area contributed by atoms with Crippen LogP contribution in [0, 0.1) is 0 Å². The van der Waals surface area contributed by atoms with Gasteiger partial charge in [-0.25, -0.2) is 0 Å². The predicted octanol–water partition coefficient (Wildman–Crippen LogP) is -0.860. The number of amides is 1. The van der Waals surface area contributed by atoms with Gasteiger partial charge in [-0.1, -0.05) is 5.16 Å². The monoisotopic (exact) mass is 237 g/mol. The molecule has 1 unspecified atom stereocenters. The largest absolute Gasteiger partial charge is 0.409 e. The Kier molecular flexibility index (Phi) is 4.41. The number of nitrogens with zero attached hydrogens (tertiary/aromatic N) is 2. The molecule has 0 radical (unpaired) electrons. The number of oxime groups is 1. The average Bonchev–Trinajstić information content (AvgIpc) is 2.35. The van der Waals surface area contributed by atoms with E-state index in [0.29, 0.717) is 12.2 Å². The zero-order valence-electron chi connectivity index (χ0n) is 9.42. The van der Waals surface area contributed by atoms with E-state index in [-0.39, 0.29) is 5.84 Å². The first-order valence-electron chi connectivity index (χ1n) is 5.00. The zero-order chi connectivity index (χ0) is 12.8. The number of rotatable bonds is 5. The molecule has 0 bridgehead atoms. The van der Waals surface area contributed by atoms with Gasteiger partial charge in [0.15, 0.2) is 5.84 Å². The second-order valence-corrected chi connectivity index (χ2v) is 3.54. The number of pyridine rings is 1. The molecule has 7 heteroatoms. The highest BCUT2D eigenvalue weighted by Crippen LogP contribution is 2.02. The summed E-state index contributed by atoms with van der Waals surface area (Å²) < 4.78 is 0. The lowest BCUT2D eigenvalue weighted by atomic mass is 10.2. The molecule has 6 N–H and O–H groups in total. The summed E-state index contributed by atoms with van der Waals surface area (Å²) in [5, 5.41) is 14.3. The molecule has 0 aliphatic rings. The topological polar surface area (TPSA) is 127 Å². The molecule has 17 heavy (non-hydrogen) atoms. The fraction of sp³-hybridized carbons (Fsp3) is 0.300. The lowest BCUT2D eigenvalue weighted by Crippen LogP contribution is -2.38. The highest BCUT2D eigenvalue weighted by atomic mass is 16.4. The summed E-state index contributed by atoms with van der Waals surface area (Å²) in [6.07, 6.45) is 1.54. The van der Waals surface area contributed by atoms with E-state index in [0.717, 1.165) is 5.56 Å². The van der Waals surface area contributed by atoms with Crippen molar-refractivity contribution in [3.63, 3.8) is 0 Å². The number of nitrogens with two attached hydrogens (primary N) is 2. The van der Waals surface area contributed by atoms with E-state index in [1.165, 1.54) is 0 Å². The van der Waals surface area contributed by atoms with Crippen molar-refractivity contribution in [2.45, 2.75) is 19.5 Å². The summed E-state index contributed by atoms with van der Waals surface area (Å²) in [6.45, 7) is 2.12. The van der Waals surface area contributed by atoms with Gasteiger partial charge in [0.2, 0.25) is 5.91 Å². The highest BCUT2D eigenvalue weighted by Gasteiger charge is 2.08. The molecular formula is C10H15N5O2. The Hall–Kier alpha value is -2.15. The molecule has 0 aromatic carbocycles. The van der Waals surface area contributed by atoms with Gasteiger partial charge in [-0.2, -0.15) is 0 Å². The maximum absolute atomic E-state index is 10.8. The Morgan fingerprint density at radius 3 is 2.94 bits per heavy atom. The fourth-order valence-corrected chi connectivity index (χ4v) is 1.15. The molecule has 92 valence electrons. The van der Waals surface area contributed by atoms with Crippen LogP contribution in [0.3, 0.4) is 0 Å². The molecule has 0 fully saturated rings. The van der Waals surface area contributed by atoms with Crippen LogP contribution < -0.4 is 16.8 Å². The summed E-state index contributed by atoms with van der Waals surface area (Å²) in [4.78, 5) is 14.8. The number of aromatic nitrogens is 1. The lowest BCUT2D eigenvalue weighted by molar-refractivity contribution is -0.119. The first-order chi connectivity index (χ1) is 8.04. The van der Waals surface area contributed by atoms with Gasteiger partial charge in [0.1, 0.15) is 5.69 Å². The van der Waals surface area contributed by atoms with Crippen molar-refractivity contribution in [2.24, 2.45) is 16.6 Å². The highest BCUT2D eigenvalue weighted by molar-refractivity contribution is 5.95. The zero-order valence-corrected chi connectivity index (χ0v) is 9.42. The molecule has 1 amide bonds. The van der Waals surface area contributed by atoms with Crippen molar-refractivity contribution in [1.29, 1.82) is 0 Å². The Balaban J connectivity index is 2.70. The number of hydrogen-bond acceptors (Lipinski definition) is 5. The maximum Gasteiger partial charge on any atom is 0.234 e. The van der Waals surface area contributed by atoms with E-state index in [1.54, 1.807) is 25.3 Å². The van der Waals surface area contributed by atoms with E-state index in [1.807, 2.05) is 0 Å². The van der Waals surface area contributed by atoms with E-state index in [4.69, 9.17) is 16.7 Å². The molecule has 1 aromatic rings. The molecule has 7 nitrogen and oxygen atoms in total. The Morgan fingerprint density at radius 1 is 1.65 bits per heavy atom. The van der Waals surface area contributed by atoms with E-state index < -0.39 is 11.9 Å². The molecular weight excluding hydrogens is 222 g/mol. The number of carbonyl (C=O) groups excluding carboxylic acids is 1. The van der Waals surface area contributed by atoms with E-state index >= 15 is 0 Å². The minimum absolute atomic E-state index is 0.0604. The normalized spacial score (nSPS) is 13.4. The van der Waals surface area contributed by atoms with Crippen molar-refractivity contribution >= 4 is 11.7 Å². The van der Waals surface area contributed by atoms with Gasteiger partial charge in [-0.15, -0.1) is 0 Å². The van der Waals surface area contributed by atoms with Crippen LogP contribution in [0.15, 0.2) is 23.5 Å². The van der Waals surface area contributed by atoms with Gasteiger partial charge < -0.3 is 22.0 Å². The Morgan fingerprint density at radius 2 is 2.35 bits per heavy atom. The second kappa shape index (κ2) is 5.80. The molecule has 0 aliphatic carbocycles. The number of nitrogens with one attached hydrogen (secondary N) is 1. The van der Waals surface area contributed by atoms with Crippen LogP contribution in [-0.4, -0.2) is 28.0 Å². The van der Waals surface area contributed by atoms with Crippen molar-refractivity contribution in [2.75, 3.05) is 0 Å². The van der Waals surface area contributed by atoms with Gasteiger partial charge in [0.05, 0.1) is 6.04 Å². The molecule has 1 rings (SSSR count). The molecule has 0 spiro atoms. The molecule has 1 atom stereocenters. The Bertz CT molecular complexity index is 432.